The summed E-state index contributed by atoms with van der Waals surface area (Å²) in [7, 11) is -4.55. The Morgan fingerprint density at radius 2 is 1.31 bits per heavy atom. The minimum Gasteiger partial charge on any atom is -0.370 e. The molecule has 5 rings (SSSR count). The molecule has 1 N–H and O–H groups in total. The van der Waals surface area contributed by atoms with Crippen LogP contribution in [0.15, 0.2) is 107 Å². The largest absolute Gasteiger partial charge is 0.370 e. The van der Waals surface area contributed by atoms with Gasteiger partial charge in [-0.3, -0.25) is 9.59 Å². The minimum absolute atomic E-state index is 0.0201. The Bertz CT molecular complexity index is 1420. The van der Waals surface area contributed by atoms with Gasteiger partial charge in [0.15, 0.2) is 0 Å². The van der Waals surface area contributed by atoms with E-state index in [1.807, 2.05) is 0 Å². The van der Waals surface area contributed by atoms with E-state index in [0.717, 1.165) is 19.3 Å². The predicted molar refractivity (Wildman–Crippen MR) is 134 cm³/mol. The van der Waals surface area contributed by atoms with Crippen LogP contribution >= 0.6 is 0 Å². The Morgan fingerprint density at radius 3 is 1.89 bits per heavy atom. The molecule has 0 spiro atoms. The number of hydrogen-bond acceptors (Lipinski definition) is 6. The number of likely N-dealkylation sites (tertiary alicyclic amines) is 1. The first kappa shape index (κ1) is 24.0. The number of aliphatic hydroxyl groups is 1. The van der Waals surface area contributed by atoms with Crippen LogP contribution in [0.5, 0.6) is 0 Å². The number of piperidine rings is 1. The van der Waals surface area contributed by atoms with Crippen molar-refractivity contribution in [1.29, 1.82) is 0 Å². The Labute approximate surface area is 210 Å². The zero-order valence-electron chi connectivity index (χ0n) is 19.6. The zero-order valence-corrected chi connectivity index (χ0v) is 20.4. The Morgan fingerprint density at radius 1 is 0.778 bits per heavy atom. The molecule has 3 aromatic rings. The van der Waals surface area contributed by atoms with Gasteiger partial charge < -0.3 is 10.0 Å². The van der Waals surface area contributed by atoms with Gasteiger partial charge in [0.2, 0.25) is 11.5 Å². The van der Waals surface area contributed by atoms with Crippen LogP contribution in [0.2, 0.25) is 0 Å². The highest BCUT2D eigenvalue weighted by Crippen LogP contribution is 2.47. The molecule has 3 aromatic carbocycles. The third kappa shape index (κ3) is 3.83. The molecule has 8 heteroatoms. The second kappa shape index (κ2) is 9.37. The van der Waals surface area contributed by atoms with E-state index in [4.69, 9.17) is 0 Å². The fourth-order valence-electron chi connectivity index (χ4n) is 4.96. The van der Waals surface area contributed by atoms with E-state index in [0.29, 0.717) is 17.4 Å². The number of carbonyl (C=O) groups is 2. The van der Waals surface area contributed by atoms with Gasteiger partial charge in [-0.1, -0.05) is 78.9 Å². The highest BCUT2D eigenvalue weighted by atomic mass is 32.2. The molecule has 1 atom stereocenters. The Hall–Kier alpha value is -3.75. The molecule has 0 bridgehead atoms. The zero-order chi connectivity index (χ0) is 25.3. The first-order valence-corrected chi connectivity index (χ1v) is 13.3. The maximum atomic E-state index is 14.1. The molecule has 0 aliphatic carbocycles. The van der Waals surface area contributed by atoms with Crippen LogP contribution in [0, 0.1) is 0 Å². The van der Waals surface area contributed by atoms with Crippen molar-refractivity contribution in [2.75, 3.05) is 13.1 Å². The number of Topliss-reactive ketones (excluding diaryl/α,β-unsaturated/α-hetero) is 1. The van der Waals surface area contributed by atoms with Crippen molar-refractivity contribution in [2.24, 2.45) is 0 Å². The van der Waals surface area contributed by atoms with Gasteiger partial charge in [0.25, 0.3) is 15.9 Å². The van der Waals surface area contributed by atoms with E-state index in [2.05, 4.69) is 0 Å². The highest BCUT2D eigenvalue weighted by Gasteiger charge is 2.60. The van der Waals surface area contributed by atoms with Gasteiger partial charge in [0.1, 0.15) is 5.57 Å². The monoisotopic (exact) mass is 502 g/mol. The van der Waals surface area contributed by atoms with Crippen LogP contribution in [-0.2, 0) is 20.5 Å². The quantitative estimate of drug-likeness (QED) is 0.408. The summed E-state index contributed by atoms with van der Waals surface area (Å²) >= 11 is 0. The van der Waals surface area contributed by atoms with E-state index in [9.17, 15) is 23.1 Å². The maximum Gasteiger partial charge on any atom is 0.276 e. The van der Waals surface area contributed by atoms with Crippen LogP contribution in [0.3, 0.4) is 0 Å². The molecule has 2 heterocycles. The Balaban J connectivity index is 1.80. The molecule has 1 amide bonds. The van der Waals surface area contributed by atoms with Crippen molar-refractivity contribution >= 4 is 21.7 Å². The summed E-state index contributed by atoms with van der Waals surface area (Å²) in [6.07, 6.45) is 2.55. The van der Waals surface area contributed by atoms with E-state index < -0.39 is 27.4 Å². The molecule has 1 unspecified atom stereocenters. The number of rotatable bonds is 6. The summed E-state index contributed by atoms with van der Waals surface area (Å²) in [5, 5.41) is 12.4. The van der Waals surface area contributed by atoms with Gasteiger partial charge in [-0.05, 0) is 31.4 Å². The Kier molecular flexibility index (Phi) is 6.24. The number of benzene rings is 3. The van der Waals surface area contributed by atoms with Gasteiger partial charge in [-0.25, -0.2) is 8.42 Å². The van der Waals surface area contributed by atoms with Crippen molar-refractivity contribution < 1.29 is 23.1 Å². The van der Waals surface area contributed by atoms with Crippen molar-refractivity contribution in [2.45, 2.75) is 29.9 Å². The van der Waals surface area contributed by atoms with E-state index in [1.54, 1.807) is 83.8 Å². The molecule has 36 heavy (non-hydrogen) atoms. The molecule has 0 saturated carbocycles. The third-order valence-corrected chi connectivity index (χ3v) is 8.43. The van der Waals surface area contributed by atoms with Gasteiger partial charge in [0.05, 0.1) is 10.6 Å². The number of carbonyl (C=O) groups excluding carboxylic acids is 2. The number of nitrogens with zero attached hydrogens (tertiary/aromatic N) is 2. The normalized spacial score (nSPS) is 20.6. The molecule has 0 radical (unpaired) electrons. The maximum absolute atomic E-state index is 14.1. The van der Waals surface area contributed by atoms with Crippen LogP contribution < -0.4 is 0 Å². The summed E-state index contributed by atoms with van der Waals surface area (Å²) in [6.45, 7) is 0.977. The molecular weight excluding hydrogens is 476 g/mol. The second-order valence-electron chi connectivity index (χ2n) is 8.89. The van der Waals surface area contributed by atoms with Gasteiger partial charge in [-0.2, -0.15) is 4.31 Å². The topological polar surface area (TPSA) is 95.0 Å². The number of sulfonamides is 1. The molecule has 2 aliphatic rings. The lowest BCUT2D eigenvalue weighted by Gasteiger charge is -2.41. The van der Waals surface area contributed by atoms with Gasteiger partial charge in [-0.15, -0.1) is 0 Å². The molecule has 2 aliphatic heterocycles. The van der Waals surface area contributed by atoms with Crippen molar-refractivity contribution in [3.05, 3.63) is 113 Å². The second-order valence-corrected chi connectivity index (χ2v) is 10.7. The lowest BCUT2D eigenvalue weighted by molar-refractivity contribution is -0.133. The number of amides is 1. The molecule has 1 saturated heterocycles. The number of ketones is 1. The van der Waals surface area contributed by atoms with Crippen LogP contribution in [0.4, 0.5) is 0 Å². The number of hydrogen-bond donors (Lipinski definition) is 1. The minimum atomic E-state index is -4.55. The van der Waals surface area contributed by atoms with Crippen molar-refractivity contribution in [3.63, 3.8) is 0 Å². The smallest absolute Gasteiger partial charge is 0.276 e. The molecule has 1 fully saturated rings. The predicted octanol–water partition coefficient (Wildman–Crippen LogP) is 3.69. The highest BCUT2D eigenvalue weighted by molar-refractivity contribution is 7.89. The third-order valence-electron chi connectivity index (χ3n) is 6.65. The average molecular weight is 503 g/mol. The van der Waals surface area contributed by atoms with Crippen LogP contribution in [0.25, 0.3) is 0 Å². The summed E-state index contributed by atoms with van der Waals surface area (Å²) < 4.78 is 28.4. The van der Waals surface area contributed by atoms with E-state index in [-0.39, 0.29) is 27.3 Å². The van der Waals surface area contributed by atoms with E-state index in [1.165, 1.54) is 12.1 Å². The molecule has 7 nitrogen and oxygen atoms in total. The average Bonchev–Trinajstić information content (AvgIpc) is 3.18. The van der Waals surface area contributed by atoms with Gasteiger partial charge in [0, 0.05) is 24.2 Å². The van der Waals surface area contributed by atoms with Crippen molar-refractivity contribution in [1.82, 2.24) is 9.21 Å². The fraction of sp³-hybridized carbons (Fsp3) is 0.214. The summed E-state index contributed by atoms with van der Waals surface area (Å²) in [5.41, 5.74) is -2.27. The SMILES string of the molecule is O=C(C1=C(N2CCCCC2)C(O)(c2ccccc2)N(S(=O)(=O)c2ccccc2)C1=O)c1ccccc1. The lowest BCUT2D eigenvalue weighted by atomic mass is 9.94. The molecule has 184 valence electrons. The fourth-order valence-corrected chi connectivity index (χ4v) is 6.52. The summed E-state index contributed by atoms with van der Waals surface area (Å²) in [6, 6.07) is 23.9. The van der Waals surface area contributed by atoms with E-state index >= 15 is 0 Å². The first-order chi connectivity index (χ1) is 17.4. The van der Waals surface area contributed by atoms with Crippen molar-refractivity contribution in [3.8, 4) is 0 Å². The molecular formula is C28H26N2O5S. The first-order valence-electron chi connectivity index (χ1n) is 11.9. The summed E-state index contributed by atoms with van der Waals surface area (Å²) in [4.78, 5) is 29.5. The standard InChI is InChI=1S/C28H26N2O5S/c31-25(21-13-5-1-6-14-21)24-26(29-19-11-4-12-20-29)28(33,22-15-7-2-8-16-22)30(27(24)32)36(34,35)23-17-9-3-10-18-23/h1-3,5-10,13-18,33H,4,11-12,19-20H2. The van der Waals surface area contributed by atoms with Crippen LogP contribution in [-0.4, -0.2) is 47.5 Å². The summed E-state index contributed by atoms with van der Waals surface area (Å²) in [5.74, 6) is -1.67. The van der Waals surface area contributed by atoms with Crippen LogP contribution in [0.1, 0.15) is 35.2 Å². The lowest BCUT2D eigenvalue weighted by Crippen LogP contribution is -2.52. The van der Waals surface area contributed by atoms with Gasteiger partial charge >= 0.3 is 0 Å². The molecule has 0 aromatic heterocycles.